The molecule has 0 heterocycles. The lowest BCUT2D eigenvalue weighted by atomic mass is 10.0. The van der Waals surface area contributed by atoms with Crippen LogP contribution in [0.25, 0.3) is 0 Å². The fraction of sp³-hybridized carbons (Fsp3) is 0.467. The molecule has 0 spiro atoms. The minimum atomic E-state index is 0.320. The van der Waals surface area contributed by atoms with Crippen LogP contribution in [-0.4, -0.2) is 6.10 Å². The van der Waals surface area contributed by atoms with Crippen molar-refractivity contribution < 1.29 is 4.74 Å². The third kappa shape index (κ3) is 3.82. The lowest BCUT2D eigenvalue weighted by Crippen LogP contribution is -2.10. The van der Waals surface area contributed by atoms with Crippen molar-refractivity contribution >= 4 is 0 Å². The van der Waals surface area contributed by atoms with Gasteiger partial charge in [0.05, 0.1) is 12.7 Å². The van der Waals surface area contributed by atoms with Gasteiger partial charge in [-0.25, -0.2) is 0 Å². The summed E-state index contributed by atoms with van der Waals surface area (Å²) in [4.78, 5) is 0. The van der Waals surface area contributed by atoms with E-state index in [0.717, 1.165) is 6.61 Å². The van der Waals surface area contributed by atoms with Gasteiger partial charge in [-0.3, -0.25) is 0 Å². The highest BCUT2D eigenvalue weighted by atomic mass is 16.5. The minimum Gasteiger partial charge on any atom is -0.369 e. The fourth-order valence-electron chi connectivity index (χ4n) is 2.05. The molecule has 2 rings (SSSR count). The van der Waals surface area contributed by atoms with Gasteiger partial charge in [-0.05, 0) is 24.8 Å². The molecule has 0 saturated carbocycles. The largest absolute Gasteiger partial charge is 0.369 e. The quantitative estimate of drug-likeness (QED) is 0.691. The zero-order valence-electron chi connectivity index (χ0n) is 9.77. The molecule has 16 heavy (non-hydrogen) atoms. The molecule has 1 atom stereocenters. The second kappa shape index (κ2) is 6.49. The van der Waals surface area contributed by atoms with Crippen molar-refractivity contribution in [1.29, 1.82) is 0 Å². The molecule has 1 heteroatoms. The molecule has 0 bridgehead atoms. The van der Waals surface area contributed by atoms with Crippen LogP contribution in [0.2, 0.25) is 0 Å². The van der Waals surface area contributed by atoms with Gasteiger partial charge in [-0.2, -0.15) is 0 Å². The topological polar surface area (TPSA) is 9.23 Å². The smallest absolute Gasteiger partial charge is 0.0760 e. The van der Waals surface area contributed by atoms with E-state index in [0.29, 0.717) is 6.10 Å². The minimum absolute atomic E-state index is 0.320. The van der Waals surface area contributed by atoms with Crippen molar-refractivity contribution in [1.82, 2.24) is 0 Å². The molecule has 1 aliphatic rings. The predicted octanol–water partition coefficient (Wildman–Crippen LogP) is 4.09. The number of rotatable bonds is 3. The van der Waals surface area contributed by atoms with Gasteiger partial charge in [0, 0.05) is 0 Å². The molecule has 1 aromatic carbocycles. The number of benzene rings is 1. The summed E-state index contributed by atoms with van der Waals surface area (Å²) in [6, 6.07) is 10.4. The van der Waals surface area contributed by atoms with Gasteiger partial charge in [0.15, 0.2) is 0 Å². The Bertz CT molecular complexity index is 315. The monoisotopic (exact) mass is 216 g/mol. The molecule has 1 unspecified atom stereocenters. The lowest BCUT2D eigenvalue weighted by Gasteiger charge is -2.16. The highest BCUT2D eigenvalue weighted by molar-refractivity contribution is 5.13. The number of ether oxygens (including phenoxy) is 1. The normalized spacial score (nSPS) is 21.4. The van der Waals surface area contributed by atoms with Crippen LogP contribution in [0, 0.1) is 0 Å². The molecule has 0 fully saturated rings. The van der Waals surface area contributed by atoms with Crippen LogP contribution in [0.1, 0.15) is 37.7 Å². The van der Waals surface area contributed by atoms with Gasteiger partial charge in [0.2, 0.25) is 0 Å². The Kier molecular flexibility index (Phi) is 4.63. The summed E-state index contributed by atoms with van der Waals surface area (Å²) in [5.41, 5.74) is 1.26. The fourth-order valence-corrected chi connectivity index (χ4v) is 2.05. The number of hydrogen-bond donors (Lipinski definition) is 0. The van der Waals surface area contributed by atoms with E-state index < -0.39 is 0 Å². The Hall–Kier alpha value is -1.08. The van der Waals surface area contributed by atoms with E-state index >= 15 is 0 Å². The Morgan fingerprint density at radius 2 is 1.94 bits per heavy atom. The molecule has 0 saturated heterocycles. The van der Waals surface area contributed by atoms with Gasteiger partial charge in [0.1, 0.15) is 0 Å². The maximum absolute atomic E-state index is 5.92. The first-order chi connectivity index (χ1) is 7.95. The second-order valence-electron chi connectivity index (χ2n) is 4.40. The van der Waals surface area contributed by atoms with E-state index in [-0.39, 0.29) is 0 Å². The average molecular weight is 216 g/mol. The van der Waals surface area contributed by atoms with Crippen molar-refractivity contribution in [2.75, 3.05) is 0 Å². The van der Waals surface area contributed by atoms with Crippen LogP contribution in [-0.2, 0) is 11.3 Å². The predicted molar refractivity (Wildman–Crippen MR) is 67.2 cm³/mol. The summed E-state index contributed by atoms with van der Waals surface area (Å²) in [6.07, 6.45) is 11.2. The Morgan fingerprint density at radius 3 is 2.81 bits per heavy atom. The molecular formula is C15H20O. The molecule has 86 valence electrons. The highest BCUT2D eigenvalue weighted by Crippen LogP contribution is 2.15. The summed E-state index contributed by atoms with van der Waals surface area (Å²) in [7, 11) is 0. The van der Waals surface area contributed by atoms with Crippen LogP contribution in [0.4, 0.5) is 0 Å². The third-order valence-corrected chi connectivity index (χ3v) is 3.02. The van der Waals surface area contributed by atoms with Crippen molar-refractivity contribution in [3.8, 4) is 0 Å². The van der Waals surface area contributed by atoms with E-state index in [4.69, 9.17) is 4.74 Å². The molecule has 0 N–H and O–H groups in total. The molecule has 1 nitrogen and oxygen atoms in total. The van der Waals surface area contributed by atoms with Gasteiger partial charge in [0.25, 0.3) is 0 Å². The van der Waals surface area contributed by atoms with Crippen molar-refractivity contribution in [2.45, 2.75) is 44.8 Å². The zero-order valence-corrected chi connectivity index (χ0v) is 9.77. The Morgan fingerprint density at radius 1 is 1.06 bits per heavy atom. The van der Waals surface area contributed by atoms with Gasteiger partial charge >= 0.3 is 0 Å². The maximum atomic E-state index is 5.92. The van der Waals surface area contributed by atoms with E-state index in [2.05, 4.69) is 36.4 Å². The van der Waals surface area contributed by atoms with Crippen LogP contribution in [0.5, 0.6) is 0 Å². The van der Waals surface area contributed by atoms with Crippen molar-refractivity contribution in [3.05, 3.63) is 48.0 Å². The van der Waals surface area contributed by atoms with Crippen molar-refractivity contribution in [2.24, 2.45) is 0 Å². The van der Waals surface area contributed by atoms with E-state index in [1.165, 1.54) is 37.7 Å². The number of hydrogen-bond acceptors (Lipinski definition) is 1. The van der Waals surface area contributed by atoms with Crippen molar-refractivity contribution in [3.63, 3.8) is 0 Å². The first-order valence-corrected chi connectivity index (χ1v) is 6.27. The number of allylic oxidation sites excluding steroid dienone is 1. The molecule has 0 aliphatic heterocycles. The third-order valence-electron chi connectivity index (χ3n) is 3.02. The summed E-state index contributed by atoms with van der Waals surface area (Å²) < 4.78 is 5.92. The van der Waals surface area contributed by atoms with E-state index in [9.17, 15) is 0 Å². The van der Waals surface area contributed by atoms with Gasteiger partial charge in [-0.15, -0.1) is 0 Å². The molecule has 1 aliphatic carbocycles. The first kappa shape index (κ1) is 11.4. The molecule has 0 aromatic heterocycles. The van der Waals surface area contributed by atoms with Gasteiger partial charge in [-0.1, -0.05) is 55.3 Å². The van der Waals surface area contributed by atoms with Crippen LogP contribution in [0.3, 0.4) is 0 Å². The van der Waals surface area contributed by atoms with Gasteiger partial charge < -0.3 is 4.74 Å². The summed E-state index contributed by atoms with van der Waals surface area (Å²) in [6.45, 7) is 0.732. The first-order valence-electron chi connectivity index (χ1n) is 6.27. The van der Waals surface area contributed by atoms with E-state index in [1.54, 1.807) is 0 Å². The Labute approximate surface area is 98.1 Å². The molecule has 1 aromatic rings. The second-order valence-corrected chi connectivity index (χ2v) is 4.40. The highest BCUT2D eigenvalue weighted by Gasteiger charge is 2.07. The molecular weight excluding hydrogens is 196 g/mol. The summed E-state index contributed by atoms with van der Waals surface area (Å²) in [5, 5.41) is 0. The van der Waals surface area contributed by atoms with Crippen LogP contribution in [0.15, 0.2) is 42.5 Å². The van der Waals surface area contributed by atoms with Crippen LogP contribution >= 0.6 is 0 Å². The maximum Gasteiger partial charge on any atom is 0.0760 e. The summed E-state index contributed by atoms with van der Waals surface area (Å²) >= 11 is 0. The van der Waals surface area contributed by atoms with E-state index in [1.807, 2.05) is 6.07 Å². The average Bonchev–Trinajstić information content (AvgIpc) is 2.29. The van der Waals surface area contributed by atoms with Crippen LogP contribution < -0.4 is 0 Å². The zero-order chi connectivity index (χ0) is 11.1. The molecule has 0 radical (unpaired) electrons. The molecule has 0 amide bonds. The standard InChI is InChI=1S/C15H20O/c1-2-7-11-15(12-8-3-1)16-13-14-9-5-4-6-10-14/h4-7,9-11,15H,1-3,8,12-13H2. The lowest BCUT2D eigenvalue weighted by molar-refractivity contribution is 0.0638. The summed E-state index contributed by atoms with van der Waals surface area (Å²) in [5.74, 6) is 0. The Balaban J connectivity index is 1.82. The SMILES string of the molecule is C1=CC(OCc2ccccc2)CCCCC1.